The minimum Gasteiger partial charge on any atom is -0.379 e. The predicted molar refractivity (Wildman–Crippen MR) is 98.0 cm³/mol. The van der Waals surface area contributed by atoms with Gasteiger partial charge in [0, 0.05) is 44.3 Å². The van der Waals surface area contributed by atoms with Crippen LogP contribution in [0.5, 0.6) is 0 Å². The van der Waals surface area contributed by atoms with Gasteiger partial charge in [0.05, 0.1) is 13.2 Å². The number of ether oxygens (including phenoxy) is 1. The van der Waals surface area contributed by atoms with E-state index in [-0.39, 0.29) is 18.3 Å². The van der Waals surface area contributed by atoms with Crippen LogP contribution in [0.15, 0.2) is 24.3 Å². The van der Waals surface area contributed by atoms with Gasteiger partial charge < -0.3 is 15.0 Å². The van der Waals surface area contributed by atoms with Crippen molar-refractivity contribution in [2.45, 2.75) is 19.4 Å². The molecule has 0 saturated carbocycles. The van der Waals surface area contributed by atoms with Gasteiger partial charge in [-0.05, 0) is 32.0 Å². The number of amides is 1. The van der Waals surface area contributed by atoms with E-state index in [1.807, 2.05) is 31.2 Å². The van der Waals surface area contributed by atoms with Gasteiger partial charge in [-0.25, -0.2) is 0 Å². The summed E-state index contributed by atoms with van der Waals surface area (Å²) in [6, 6.07) is 8.23. The van der Waals surface area contributed by atoms with E-state index in [1.54, 1.807) is 0 Å². The first-order valence-corrected chi connectivity index (χ1v) is 8.62. The second-order valence-electron chi connectivity index (χ2n) is 6.47. The summed E-state index contributed by atoms with van der Waals surface area (Å²) < 4.78 is 5.40. The summed E-state index contributed by atoms with van der Waals surface area (Å²) in [6.07, 6.45) is 1.04. The van der Waals surface area contributed by atoms with Gasteiger partial charge in [-0.15, -0.1) is 12.4 Å². The van der Waals surface area contributed by atoms with Crippen LogP contribution in [0.2, 0.25) is 0 Å². The lowest BCUT2D eigenvalue weighted by molar-refractivity contribution is 0.0301. The minimum absolute atomic E-state index is 0. The maximum absolute atomic E-state index is 13.0. The summed E-state index contributed by atoms with van der Waals surface area (Å²) in [6.45, 7) is 9.20. The lowest BCUT2D eigenvalue weighted by atomic mass is 10.1. The maximum atomic E-state index is 13.0. The van der Waals surface area contributed by atoms with E-state index in [2.05, 4.69) is 15.1 Å². The van der Waals surface area contributed by atoms with Crippen molar-refractivity contribution in [2.24, 2.45) is 0 Å². The molecule has 2 aliphatic heterocycles. The Balaban J connectivity index is 0.00000208. The lowest BCUT2D eigenvalue weighted by Gasteiger charge is -2.33. The topological polar surface area (TPSA) is 44.8 Å². The number of benzene rings is 1. The van der Waals surface area contributed by atoms with E-state index < -0.39 is 0 Å². The third-order valence-electron chi connectivity index (χ3n) is 4.76. The zero-order valence-corrected chi connectivity index (χ0v) is 15.2. The Labute approximate surface area is 150 Å². The number of halogens is 1. The zero-order valence-electron chi connectivity index (χ0n) is 14.4. The van der Waals surface area contributed by atoms with Gasteiger partial charge in [-0.2, -0.15) is 0 Å². The molecule has 2 saturated heterocycles. The molecule has 0 bridgehead atoms. The molecule has 3 rings (SSSR count). The van der Waals surface area contributed by atoms with E-state index in [9.17, 15) is 4.79 Å². The van der Waals surface area contributed by atoms with Gasteiger partial charge in [-0.3, -0.25) is 9.69 Å². The molecule has 6 heteroatoms. The van der Waals surface area contributed by atoms with Gasteiger partial charge in [0.2, 0.25) is 0 Å². The minimum atomic E-state index is 0. The highest BCUT2D eigenvalue weighted by Crippen LogP contribution is 2.15. The van der Waals surface area contributed by atoms with Gasteiger partial charge in [0.25, 0.3) is 5.91 Å². The Morgan fingerprint density at radius 3 is 2.83 bits per heavy atom. The molecule has 1 aromatic carbocycles. The monoisotopic (exact) mass is 353 g/mol. The fourth-order valence-electron chi connectivity index (χ4n) is 3.37. The molecule has 0 aliphatic carbocycles. The Hall–Kier alpha value is -1.14. The van der Waals surface area contributed by atoms with Crippen molar-refractivity contribution >= 4 is 18.3 Å². The third kappa shape index (κ3) is 4.93. The summed E-state index contributed by atoms with van der Waals surface area (Å²) in [5.74, 6) is 0.163. The van der Waals surface area contributed by atoms with Crippen LogP contribution in [0.25, 0.3) is 0 Å². The summed E-state index contributed by atoms with van der Waals surface area (Å²) in [5.41, 5.74) is 1.94. The summed E-state index contributed by atoms with van der Waals surface area (Å²) in [7, 11) is 0. The van der Waals surface area contributed by atoms with Gasteiger partial charge in [0.15, 0.2) is 0 Å². The number of nitrogens with one attached hydrogen (secondary N) is 1. The quantitative estimate of drug-likeness (QED) is 0.872. The van der Waals surface area contributed by atoms with Crippen molar-refractivity contribution in [3.8, 4) is 0 Å². The lowest BCUT2D eigenvalue weighted by Crippen LogP contribution is -2.47. The summed E-state index contributed by atoms with van der Waals surface area (Å²) in [4.78, 5) is 17.5. The van der Waals surface area contributed by atoms with Crippen LogP contribution < -0.4 is 5.32 Å². The first kappa shape index (κ1) is 19.2. The van der Waals surface area contributed by atoms with Gasteiger partial charge >= 0.3 is 0 Å². The number of morpholine rings is 1. The first-order chi connectivity index (χ1) is 11.2. The van der Waals surface area contributed by atoms with Crippen LogP contribution in [0.3, 0.4) is 0 Å². The number of carbonyl (C=O) groups excluding carboxylic acids is 1. The molecule has 2 heterocycles. The largest absolute Gasteiger partial charge is 0.379 e. The number of aryl methyl sites for hydroxylation is 1. The molecule has 134 valence electrons. The van der Waals surface area contributed by atoms with Crippen LogP contribution in [-0.2, 0) is 4.74 Å². The smallest absolute Gasteiger partial charge is 0.254 e. The molecule has 24 heavy (non-hydrogen) atoms. The van der Waals surface area contributed by atoms with Gasteiger partial charge in [0.1, 0.15) is 0 Å². The van der Waals surface area contributed by atoms with E-state index >= 15 is 0 Å². The Bertz CT molecular complexity index is 529. The van der Waals surface area contributed by atoms with E-state index in [0.29, 0.717) is 6.04 Å². The number of rotatable bonds is 5. The van der Waals surface area contributed by atoms with Crippen LogP contribution in [0.1, 0.15) is 22.3 Å². The maximum Gasteiger partial charge on any atom is 0.254 e. The predicted octanol–water partition coefficient (Wildman–Crippen LogP) is 1.55. The Morgan fingerprint density at radius 1 is 1.38 bits per heavy atom. The van der Waals surface area contributed by atoms with Crippen molar-refractivity contribution in [1.29, 1.82) is 0 Å². The molecule has 5 nitrogen and oxygen atoms in total. The number of nitrogens with zero attached hydrogens (tertiary/aromatic N) is 2. The fourth-order valence-corrected chi connectivity index (χ4v) is 3.37. The van der Waals surface area contributed by atoms with Crippen LogP contribution in [-0.4, -0.2) is 74.2 Å². The van der Waals surface area contributed by atoms with Crippen molar-refractivity contribution < 1.29 is 9.53 Å². The molecule has 1 atom stereocenters. The number of hydrogen-bond acceptors (Lipinski definition) is 4. The fraction of sp³-hybridized carbons (Fsp3) is 0.611. The van der Waals surface area contributed by atoms with Crippen molar-refractivity contribution in [2.75, 3.05) is 52.5 Å². The summed E-state index contributed by atoms with van der Waals surface area (Å²) >= 11 is 0. The molecular weight excluding hydrogens is 326 g/mol. The average molecular weight is 354 g/mol. The molecule has 2 fully saturated rings. The van der Waals surface area contributed by atoms with Crippen molar-refractivity contribution in [3.05, 3.63) is 35.4 Å². The molecule has 0 aromatic heterocycles. The average Bonchev–Trinajstić information content (AvgIpc) is 3.10. The Morgan fingerprint density at radius 2 is 2.17 bits per heavy atom. The van der Waals surface area contributed by atoms with E-state index in [1.165, 1.54) is 0 Å². The molecule has 1 aromatic rings. The number of carbonyl (C=O) groups is 1. The van der Waals surface area contributed by atoms with Crippen LogP contribution in [0.4, 0.5) is 0 Å². The van der Waals surface area contributed by atoms with E-state index in [4.69, 9.17) is 4.74 Å². The molecular formula is C18H28ClN3O2. The van der Waals surface area contributed by atoms with Gasteiger partial charge in [-0.1, -0.05) is 17.7 Å². The van der Waals surface area contributed by atoms with Crippen LogP contribution >= 0.6 is 12.4 Å². The van der Waals surface area contributed by atoms with Crippen molar-refractivity contribution in [1.82, 2.24) is 15.1 Å². The van der Waals surface area contributed by atoms with Crippen molar-refractivity contribution in [3.63, 3.8) is 0 Å². The Kier molecular flexibility index (Phi) is 7.49. The first-order valence-electron chi connectivity index (χ1n) is 8.62. The highest BCUT2D eigenvalue weighted by atomic mass is 35.5. The second kappa shape index (κ2) is 9.37. The summed E-state index contributed by atoms with van der Waals surface area (Å²) in [5, 5.41) is 3.38. The van der Waals surface area contributed by atoms with Crippen LogP contribution in [0, 0.1) is 6.92 Å². The normalized spacial score (nSPS) is 21.3. The number of hydrogen-bond donors (Lipinski definition) is 1. The van der Waals surface area contributed by atoms with E-state index in [0.717, 1.165) is 70.0 Å². The molecule has 1 amide bonds. The molecule has 0 spiro atoms. The third-order valence-corrected chi connectivity index (χ3v) is 4.76. The molecule has 1 unspecified atom stereocenters. The molecule has 2 aliphatic rings. The highest BCUT2D eigenvalue weighted by Gasteiger charge is 2.27. The molecule has 0 radical (unpaired) electrons. The second-order valence-corrected chi connectivity index (χ2v) is 6.47. The highest BCUT2D eigenvalue weighted by molar-refractivity contribution is 5.94. The molecule has 1 N–H and O–H groups in total. The zero-order chi connectivity index (χ0) is 16.1. The SMILES string of the molecule is Cc1cccc(C(=O)N(CCN2CCOCC2)C2CCNC2)c1.Cl. The standard InChI is InChI=1S/C18H27N3O2.ClH/c1-15-3-2-4-16(13-15)18(22)21(17-5-6-19-14-17)8-7-20-9-11-23-12-10-20;/h2-4,13,17,19H,5-12,14H2,1H3;1H.